The maximum atomic E-state index is 14.1. The van der Waals surface area contributed by atoms with E-state index in [1.54, 1.807) is 42.1 Å². The van der Waals surface area contributed by atoms with Gasteiger partial charge in [-0.15, -0.1) is 5.10 Å². The van der Waals surface area contributed by atoms with Crippen LogP contribution in [0, 0.1) is 27.9 Å². The number of non-ortho nitro benzene ring substituents is 1. The summed E-state index contributed by atoms with van der Waals surface area (Å²) < 4.78 is 41.1. The van der Waals surface area contributed by atoms with Gasteiger partial charge in [-0.3, -0.25) is 19.6 Å². The molecule has 4 heterocycles. The van der Waals surface area contributed by atoms with E-state index in [1.807, 2.05) is 16.8 Å². The number of nitrogens with one attached hydrogen (secondary N) is 1. The monoisotopic (exact) mass is 1020 g/mol. The molecular weight excluding hydrogens is 957 g/mol. The Labute approximate surface area is 420 Å². The van der Waals surface area contributed by atoms with E-state index < -0.39 is 115 Å². The second-order valence-electron chi connectivity index (χ2n) is 19.8. The first-order valence-electron chi connectivity index (χ1n) is 25.1. The third-order valence-electron chi connectivity index (χ3n) is 14.6. The second-order valence-corrected chi connectivity index (χ2v) is 19.8. The number of hydrogen-bond donors (Lipinski definition) is 7. The van der Waals surface area contributed by atoms with Crippen LogP contribution in [0.15, 0.2) is 67.0 Å². The molecule has 6 unspecified atom stereocenters. The number of nitro benzene ring substituents is 1. The lowest BCUT2D eigenvalue weighted by molar-refractivity contribution is -0.384. The SMILES string of the molecule is CC1O[C@@H](OC2[C@H](C)CC(C(=O)NCc3cn(CCCn4ccc5cc([N+](=O)[O-])ccc54)nn3)C[C@H]2O[C@@H]2O[C@@H](CO)[C@H](O)C(O[C@@H](CC3CCCCC3)C(=O)O)C2OC(=O)c2ccccc2)[C@@H](O)C(O)[C@@H]1O. The van der Waals surface area contributed by atoms with Crippen molar-refractivity contribution in [2.75, 3.05) is 6.61 Å². The number of fused-ring (bicyclic) bond motifs is 1. The predicted octanol–water partition coefficient (Wildman–Crippen LogP) is 2.60. The molecule has 15 atom stereocenters. The molecule has 4 fully saturated rings. The van der Waals surface area contributed by atoms with Gasteiger partial charge in [0.15, 0.2) is 24.8 Å². The fourth-order valence-corrected chi connectivity index (χ4v) is 10.6. The van der Waals surface area contributed by atoms with Crippen molar-refractivity contribution in [3.8, 4) is 0 Å². The summed E-state index contributed by atoms with van der Waals surface area (Å²) >= 11 is 0. The molecular formula is C50H66N6O17. The van der Waals surface area contributed by atoms with Crippen LogP contribution >= 0.6 is 0 Å². The molecule has 2 aliphatic carbocycles. The Hall–Kier alpha value is -5.47. The van der Waals surface area contributed by atoms with Crippen LogP contribution < -0.4 is 5.32 Å². The molecule has 23 heteroatoms. The summed E-state index contributed by atoms with van der Waals surface area (Å²) in [5.74, 6) is -3.85. The molecule has 398 valence electrons. The zero-order valence-corrected chi connectivity index (χ0v) is 40.7. The van der Waals surface area contributed by atoms with E-state index in [1.165, 1.54) is 31.2 Å². The van der Waals surface area contributed by atoms with Crippen LogP contribution in [0.1, 0.15) is 87.7 Å². The molecule has 4 aromatic rings. The highest BCUT2D eigenvalue weighted by Crippen LogP contribution is 2.39. The lowest BCUT2D eigenvalue weighted by Gasteiger charge is -2.48. The number of amides is 1. The number of aliphatic hydroxyl groups excluding tert-OH is 5. The summed E-state index contributed by atoms with van der Waals surface area (Å²) in [7, 11) is 0. The average Bonchev–Trinajstić information content (AvgIpc) is 4.03. The number of aryl methyl sites for hydroxylation is 2. The zero-order valence-electron chi connectivity index (χ0n) is 40.7. The van der Waals surface area contributed by atoms with Gasteiger partial charge >= 0.3 is 11.9 Å². The number of benzene rings is 2. The Morgan fingerprint density at radius 1 is 0.890 bits per heavy atom. The normalized spacial score (nSPS) is 31.4. The summed E-state index contributed by atoms with van der Waals surface area (Å²) in [6.07, 6.45) is -10.0. The fraction of sp³-hybridized carbons (Fsp3) is 0.620. The molecule has 7 N–H and O–H groups in total. The van der Waals surface area contributed by atoms with Crippen molar-refractivity contribution >= 4 is 34.4 Å². The Bertz CT molecular complexity index is 2490. The summed E-state index contributed by atoms with van der Waals surface area (Å²) in [4.78, 5) is 51.6. The number of nitrogens with zero attached hydrogens (tertiary/aromatic N) is 5. The molecule has 2 saturated heterocycles. The quantitative estimate of drug-likeness (QED) is 0.0380. The topological polar surface area (TPSA) is 319 Å². The number of carboxylic acids is 1. The van der Waals surface area contributed by atoms with Crippen molar-refractivity contribution < 1.29 is 78.4 Å². The maximum absolute atomic E-state index is 14.1. The van der Waals surface area contributed by atoms with E-state index >= 15 is 0 Å². The van der Waals surface area contributed by atoms with Crippen LogP contribution in [0.25, 0.3) is 10.9 Å². The molecule has 2 aromatic carbocycles. The van der Waals surface area contributed by atoms with Gasteiger partial charge in [-0.1, -0.05) is 62.4 Å². The minimum absolute atomic E-state index is 0.0142. The summed E-state index contributed by atoms with van der Waals surface area (Å²) in [5.41, 5.74) is 1.47. The van der Waals surface area contributed by atoms with Gasteiger partial charge in [0.25, 0.3) is 5.69 Å². The minimum Gasteiger partial charge on any atom is -0.479 e. The summed E-state index contributed by atoms with van der Waals surface area (Å²) in [6.45, 7) is 3.61. The van der Waals surface area contributed by atoms with Crippen LogP contribution in [0.2, 0.25) is 0 Å². The van der Waals surface area contributed by atoms with E-state index in [2.05, 4.69) is 15.6 Å². The lowest BCUT2D eigenvalue weighted by Crippen LogP contribution is -2.64. The van der Waals surface area contributed by atoms with E-state index in [4.69, 9.17) is 28.4 Å². The van der Waals surface area contributed by atoms with Crippen LogP contribution in [-0.4, -0.2) is 159 Å². The van der Waals surface area contributed by atoms with Gasteiger partial charge in [-0.25, -0.2) is 9.59 Å². The Balaban J connectivity index is 1.00. The Morgan fingerprint density at radius 2 is 1.66 bits per heavy atom. The fourth-order valence-electron chi connectivity index (χ4n) is 10.6. The first-order valence-corrected chi connectivity index (χ1v) is 25.1. The highest BCUT2D eigenvalue weighted by molar-refractivity contribution is 5.89. The zero-order chi connectivity index (χ0) is 51.9. The first kappa shape index (κ1) is 53.8. The number of carboxylic acid groups (broad SMARTS) is 1. The standard InChI is InChI=1S/C50H66N6O17/c1-27-20-32(46(62)51-24-33-25-55(53-52-33)18-9-17-54-19-16-31-22-34(56(66)67)14-15-35(31)54)23-36(43(27)73-49-42(61)41(60)39(58)28(2)68-49)70-50-45(72-48(65)30-12-7-4-8-13-30)44(40(59)38(26-57)71-50)69-37(47(63)64)21-29-10-5-3-6-11-29/h4,7-8,12-16,19,22,25,27-29,32,36-45,49-50,57-61H,3,5-6,9-11,17-18,20-21,23-24,26H2,1-2H3,(H,51,62)(H,63,64)/t27-,28?,32?,36-,37+,38+,39-,40+,41?,42+,43?,44?,45?,49+,50-/m1/s1. The van der Waals surface area contributed by atoms with Gasteiger partial charge in [0, 0.05) is 48.2 Å². The molecule has 8 rings (SSSR count). The van der Waals surface area contributed by atoms with Gasteiger partial charge in [0.05, 0.1) is 48.1 Å². The van der Waals surface area contributed by atoms with Gasteiger partial charge in [0.1, 0.15) is 42.3 Å². The third-order valence-corrected chi connectivity index (χ3v) is 14.6. The molecule has 1 amide bonds. The van der Waals surface area contributed by atoms with Crippen LogP contribution in [0.5, 0.6) is 0 Å². The van der Waals surface area contributed by atoms with Crippen molar-refractivity contribution in [3.63, 3.8) is 0 Å². The van der Waals surface area contributed by atoms with Crippen LogP contribution in [-0.2, 0) is 57.6 Å². The molecule has 2 aromatic heterocycles. The van der Waals surface area contributed by atoms with Gasteiger partial charge in [-0.2, -0.15) is 0 Å². The van der Waals surface area contributed by atoms with Crippen molar-refractivity contribution in [2.24, 2.45) is 17.8 Å². The number of ether oxygens (including phenoxy) is 6. The van der Waals surface area contributed by atoms with Crippen LogP contribution in [0.4, 0.5) is 5.69 Å². The minimum atomic E-state index is -1.71. The van der Waals surface area contributed by atoms with E-state index in [0.29, 0.717) is 25.2 Å². The number of carbonyl (C=O) groups is 3. The lowest BCUT2D eigenvalue weighted by atomic mass is 9.77. The summed E-state index contributed by atoms with van der Waals surface area (Å²) in [5, 5.41) is 88.3. The maximum Gasteiger partial charge on any atom is 0.338 e. The van der Waals surface area contributed by atoms with Crippen molar-refractivity contribution in [1.82, 2.24) is 24.9 Å². The van der Waals surface area contributed by atoms with Crippen molar-refractivity contribution in [1.29, 1.82) is 0 Å². The Morgan fingerprint density at radius 3 is 2.38 bits per heavy atom. The van der Waals surface area contributed by atoms with Crippen molar-refractivity contribution in [2.45, 2.75) is 171 Å². The van der Waals surface area contributed by atoms with Gasteiger partial charge in [-0.05, 0) is 68.7 Å². The second kappa shape index (κ2) is 24.3. The predicted molar refractivity (Wildman–Crippen MR) is 254 cm³/mol. The number of hydrogen-bond acceptors (Lipinski definition) is 18. The third kappa shape index (κ3) is 12.9. The van der Waals surface area contributed by atoms with E-state index in [9.17, 15) is 55.1 Å². The molecule has 0 radical (unpaired) electrons. The van der Waals surface area contributed by atoms with E-state index in [-0.39, 0.29) is 48.9 Å². The van der Waals surface area contributed by atoms with Gasteiger partial charge in [0.2, 0.25) is 5.91 Å². The molecule has 0 spiro atoms. The highest BCUT2D eigenvalue weighted by atomic mass is 16.7. The molecule has 23 nitrogen and oxygen atoms in total. The molecule has 73 heavy (non-hydrogen) atoms. The smallest absolute Gasteiger partial charge is 0.338 e. The number of nitro groups is 1. The number of aliphatic carboxylic acids is 1. The largest absolute Gasteiger partial charge is 0.479 e. The van der Waals surface area contributed by atoms with Crippen molar-refractivity contribution in [3.05, 3.63) is 88.4 Å². The molecule has 2 aliphatic heterocycles. The van der Waals surface area contributed by atoms with E-state index in [0.717, 1.165) is 43.0 Å². The highest BCUT2D eigenvalue weighted by Gasteiger charge is 2.54. The Kier molecular flexibility index (Phi) is 17.9. The average molecular weight is 1020 g/mol. The first-order chi connectivity index (χ1) is 35.1. The number of rotatable bonds is 20. The summed E-state index contributed by atoms with van der Waals surface area (Å²) in [6, 6.07) is 14.5. The molecule has 4 aliphatic rings. The van der Waals surface area contributed by atoms with Crippen LogP contribution in [0.3, 0.4) is 0 Å². The number of carbonyl (C=O) groups excluding carboxylic acids is 2. The number of aliphatic hydroxyl groups is 5. The molecule has 0 bridgehead atoms. The number of esters is 1. The van der Waals surface area contributed by atoms with Gasteiger partial charge < -0.3 is 68.9 Å². The number of aromatic nitrogens is 4. The molecule has 2 saturated carbocycles.